The Bertz CT molecular complexity index is 1540. The van der Waals surface area contributed by atoms with Gasteiger partial charge in [0.1, 0.15) is 17.5 Å². The lowest BCUT2D eigenvalue weighted by Crippen LogP contribution is -2.58. The van der Waals surface area contributed by atoms with Crippen molar-refractivity contribution in [2.45, 2.75) is 38.0 Å². The lowest BCUT2D eigenvalue weighted by molar-refractivity contribution is -0.159. The molecule has 1 aromatic heterocycles. The zero-order valence-corrected chi connectivity index (χ0v) is 20.2. The van der Waals surface area contributed by atoms with E-state index in [0.29, 0.717) is 11.1 Å². The van der Waals surface area contributed by atoms with Crippen molar-refractivity contribution in [1.82, 2.24) is 14.4 Å². The number of amides is 3. The summed E-state index contributed by atoms with van der Waals surface area (Å²) in [6.45, 7) is 5.40. The van der Waals surface area contributed by atoms with E-state index in [9.17, 15) is 19.2 Å². The Labute approximate surface area is 206 Å². The number of ether oxygens (including phenoxy) is 1. The Hall–Kier alpha value is -4.40. The van der Waals surface area contributed by atoms with E-state index in [1.165, 1.54) is 16.5 Å². The lowest BCUT2D eigenvalue weighted by atomic mass is 9.74. The Kier molecular flexibility index (Phi) is 4.34. The molecular weight excluding hydrogens is 460 g/mol. The van der Waals surface area contributed by atoms with E-state index in [-0.39, 0.29) is 5.70 Å². The fraction of sp³-hybridized carbons (Fsp3) is 0.259. The van der Waals surface area contributed by atoms with Crippen molar-refractivity contribution in [3.63, 3.8) is 0 Å². The lowest BCUT2D eigenvalue weighted by Gasteiger charge is -2.36. The van der Waals surface area contributed by atoms with Crippen molar-refractivity contribution < 1.29 is 23.9 Å². The number of nitrogens with zero attached hydrogens (tertiary/aromatic N) is 3. The van der Waals surface area contributed by atoms with E-state index >= 15 is 0 Å². The molecule has 3 aromatic rings. The number of piperazine rings is 1. The van der Waals surface area contributed by atoms with Gasteiger partial charge >= 0.3 is 17.9 Å². The number of benzene rings is 2. The molecule has 1 N–H and O–H groups in total. The number of hydrogen-bond acceptors (Lipinski definition) is 6. The van der Waals surface area contributed by atoms with Gasteiger partial charge in [0.25, 0.3) is 5.91 Å². The van der Waals surface area contributed by atoms with E-state index < -0.39 is 41.0 Å². The second-order valence-electron chi connectivity index (χ2n) is 10.2. The zero-order chi connectivity index (χ0) is 25.6. The number of nitrogens with one attached hydrogen (secondary N) is 1. The zero-order valence-electron chi connectivity index (χ0n) is 20.2. The SMILES string of the molecule is CN1C(=O)C(=O)N2C(=CC3(c4cn(C(=O)OC(C)(C)C)c5ccccc45)c4ccccc4NC23)C1=O. The molecule has 6 rings (SSSR count). The van der Waals surface area contributed by atoms with E-state index in [0.717, 1.165) is 21.5 Å². The van der Waals surface area contributed by atoms with Gasteiger partial charge in [-0.2, -0.15) is 0 Å². The summed E-state index contributed by atoms with van der Waals surface area (Å²) in [5.41, 5.74) is 1.35. The predicted molar refractivity (Wildman–Crippen MR) is 131 cm³/mol. The van der Waals surface area contributed by atoms with Gasteiger partial charge in [0.05, 0.1) is 10.9 Å². The largest absolute Gasteiger partial charge is 0.443 e. The van der Waals surface area contributed by atoms with Gasteiger partial charge in [0, 0.05) is 24.3 Å². The van der Waals surface area contributed by atoms with Crippen LogP contribution in [0.3, 0.4) is 0 Å². The number of carbonyl (C=O) groups is 4. The minimum atomic E-state index is -1.03. The van der Waals surface area contributed by atoms with E-state index in [4.69, 9.17) is 4.74 Å². The van der Waals surface area contributed by atoms with Crippen LogP contribution in [-0.4, -0.2) is 57.0 Å². The van der Waals surface area contributed by atoms with Crippen LogP contribution in [0.5, 0.6) is 0 Å². The standard InChI is InChI=1S/C27H24N4O5/c1-26(2,3)36-25(35)30-14-17(15-9-5-8-12-19(15)30)27-13-20-21(32)29(4)22(33)23(34)31(20)24(27)28-18-11-7-6-10-16(18)27/h5-14,24,28H,1-4H3. The summed E-state index contributed by atoms with van der Waals surface area (Å²) in [5, 5.41) is 4.13. The monoisotopic (exact) mass is 484 g/mol. The van der Waals surface area contributed by atoms with Crippen LogP contribution in [0.1, 0.15) is 31.9 Å². The van der Waals surface area contributed by atoms with Gasteiger partial charge in [-0.05, 0) is 50.1 Å². The van der Waals surface area contributed by atoms with E-state index in [2.05, 4.69) is 5.32 Å². The fourth-order valence-electron chi connectivity index (χ4n) is 5.47. The maximum atomic E-state index is 13.2. The number of rotatable bonds is 1. The highest BCUT2D eigenvalue weighted by atomic mass is 16.6. The van der Waals surface area contributed by atoms with Gasteiger partial charge in [-0.25, -0.2) is 4.79 Å². The summed E-state index contributed by atoms with van der Waals surface area (Å²) in [5.74, 6) is -2.23. The summed E-state index contributed by atoms with van der Waals surface area (Å²) in [4.78, 5) is 54.3. The molecule has 3 amide bonds. The Morgan fingerprint density at radius 3 is 2.39 bits per heavy atom. The molecule has 0 saturated carbocycles. The van der Waals surface area contributed by atoms with Crippen molar-refractivity contribution in [2.24, 2.45) is 0 Å². The molecule has 4 heterocycles. The Morgan fingerprint density at radius 1 is 0.944 bits per heavy atom. The topological polar surface area (TPSA) is 101 Å². The molecule has 0 radical (unpaired) electrons. The first-order valence-corrected chi connectivity index (χ1v) is 11.6. The first kappa shape index (κ1) is 22.1. The highest BCUT2D eigenvalue weighted by molar-refractivity contribution is 6.42. The van der Waals surface area contributed by atoms with Crippen molar-refractivity contribution >= 4 is 40.4 Å². The molecular formula is C27H24N4O5. The molecule has 1 saturated heterocycles. The summed E-state index contributed by atoms with van der Waals surface area (Å²) in [6.07, 6.45) is 2.16. The van der Waals surface area contributed by atoms with Crippen molar-refractivity contribution in [3.05, 3.63) is 77.6 Å². The smallest absolute Gasteiger partial charge is 0.419 e. The Balaban J connectivity index is 1.65. The van der Waals surface area contributed by atoms with E-state index in [1.807, 2.05) is 48.5 Å². The molecule has 3 aliphatic heterocycles. The molecule has 182 valence electrons. The van der Waals surface area contributed by atoms with Crippen LogP contribution in [0.25, 0.3) is 10.9 Å². The average molecular weight is 485 g/mol. The van der Waals surface area contributed by atoms with Gasteiger partial charge in [-0.15, -0.1) is 0 Å². The van der Waals surface area contributed by atoms with E-state index in [1.54, 1.807) is 33.0 Å². The summed E-state index contributed by atoms with van der Waals surface area (Å²) in [6, 6.07) is 15.0. The third-order valence-electron chi connectivity index (χ3n) is 6.96. The quantitative estimate of drug-likeness (QED) is 0.421. The van der Waals surface area contributed by atoms with Crippen LogP contribution in [0.4, 0.5) is 10.5 Å². The minimum absolute atomic E-state index is 0.128. The molecule has 0 bridgehead atoms. The predicted octanol–water partition coefficient (Wildman–Crippen LogP) is 3.19. The minimum Gasteiger partial charge on any atom is -0.443 e. The average Bonchev–Trinajstić information content (AvgIpc) is 3.47. The number of fused-ring (bicyclic) bond motifs is 6. The fourth-order valence-corrected chi connectivity index (χ4v) is 5.47. The van der Waals surface area contributed by atoms with Crippen molar-refractivity contribution in [2.75, 3.05) is 12.4 Å². The second-order valence-corrected chi connectivity index (χ2v) is 10.2. The third kappa shape index (κ3) is 2.76. The number of imide groups is 1. The van der Waals surface area contributed by atoms with Gasteiger partial charge in [0.2, 0.25) is 0 Å². The van der Waals surface area contributed by atoms with Crippen molar-refractivity contribution in [3.8, 4) is 0 Å². The van der Waals surface area contributed by atoms with Gasteiger partial charge < -0.3 is 10.1 Å². The van der Waals surface area contributed by atoms with Crippen LogP contribution in [0.15, 0.2) is 66.5 Å². The second kappa shape index (κ2) is 7.07. The highest BCUT2D eigenvalue weighted by Crippen LogP contribution is 2.55. The molecule has 9 heteroatoms. The first-order valence-electron chi connectivity index (χ1n) is 11.6. The molecule has 1 fully saturated rings. The number of anilines is 1. The van der Waals surface area contributed by atoms with Crippen molar-refractivity contribution in [1.29, 1.82) is 0 Å². The summed E-state index contributed by atoms with van der Waals surface area (Å²) < 4.78 is 7.12. The number of aromatic nitrogens is 1. The van der Waals surface area contributed by atoms with Crippen LogP contribution in [-0.2, 0) is 24.5 Å². The van der Waals surface area contributed by atoms with Gasteiger partial charge in [-0.1, -0.05) is 36.4 Å². The van der Waals surface area contributed by atoms with Crippen LogP contribution < -0.4 is 5.32 Å². The van der Waals surface area contributed by atoms with Gasteiger partial charge in [0.15, 0.2) is 0 Å². The third-order valence-corrected chi connectivity index (χ3v) is 6.96. The van der Waals surface area contributed by atoms with Gasteiger partial charge in [-0.3, -0.25) is 28.8 Å². The number of hydrogen-bond donors (Lipinski definition) is 1. The molecule has 2 atom stereocenters. The number of carbonyl (C=O) groups excluding carboxylic acids is 4. The van der Waals surface area contributed by atoms with Crippen LogP contribution in [0, 0.1) is 0 Å². The molecule has 3 aliphatic rings. The first-order chi connectivity index (χ1) is 17.0. The number of likely N-dealkylation sites (N-methyl/N-ethyl adjacent to an activating group) is 1. The normalized spacial score (nSPS) is 22.8. The maximum absolute atomic E-state index is 13.2. The molecule has 0 spiro atoms. The number of para-hydroxylation sites is 2. The summed E-state index contributed by atoms with van der Waals surface area (Å²) in [7, 11) is 1.30. The maximum Gasteiger partial charge on any atom is 0.419 e. The Morgan fingerprint density at radius 2 is 1.64 bits per heavy atom. The molecule has 2 unspecified atom stereocenters. The summed E-state index contributed by atoms with van der Waals surface area (Å²) >= 11 is 0. The van der Waals surface area contributed by atoms with Crippen LogP contribution in [0.2, 0.25) is 0 Å². The molecule has 2 aromatic carbocycles. The molecule has 36 heavy (non-hydrogen) atoms. The molecule has 9 nitrogen and oxygen atoms in total. The highest BCUT2D eigenvalue weighted by Gasteiger charge is 2.61. The van der Waals surface area contributed by atoms with Crippen LogP contribution >= 0.6 is 0 Å². The molecule has 0 aliphatic carbocycles.